The number of aryl methyl sites for hydroxylation is 1. The fourth-order valence-corrected chi connectivity index (χ4v) is 3.92. The molecule has 0 aliphatic heterocycles. The Kier molecular flexibility index (Phi) is 2.14. The Bertz CT molecular complexity index is 818. The predicted octanol–water partition coefficient (Wildman–Crippen LogP) is 2.22. The fourth-order valence-electron chi connectivity index (χ4n) is 3.79. The molecule has 0 aromatic carbocycles. The first kappa shape index (κ1) is 13.1. The van der Waals surface area contributed by atoms with Crippen molar-refractivity contribution in [1.29, 1.82) is 0 Å². The molecule has 3 saturated carbocycles. The zero-order valence-corrected chi connectivity index (χ0v) is 11.7. The van der Waals surface area contributed by atoms with Crippen LogP contribution in [0.5, 0.6) is 0 Å². The SMILES string of the molecule is Cn1c(=O)n(C23CC(C(F)(F)F)(C2)C3)c2nc(Cl)ncc21. The number of rotatable bonds is 1. The van der Waals surface area contributed by atoms with Crippen molar-refractivity contribution in [3.8, 4) is 0 Å². The van der Waals surface area contributed by atoms with Crippen LogP contribution in [0, 0.1) is 5.41 Å². The van der Waals surface area contributed by atoms with Gasteiger partial charge in [0.1, 0.15) is 5.52 Å². The minimum Gasteiger partial charge on any atom is -0.292 e. The first-order valence-corrected chi connectivity index (χ1v) is 6.74. The molecule has 5 nitrogen and oxygen atoms in total. The molecule has 0 spiro atoms. The molecule has 3 fully saturated rings. The monoisotopic (exact) mass is 318 g/mol. The maximum Gasteiger partial charge on any atom is 0.394 e. The van der Waals surface area contributed by atoms with E-state index in [1.807, 2.05) is 0 Å². The normalized spacial score (nSPS) is 31.1. The highest BCUT2D eigenvalue weighted by molar-refractivity contribution is 6.28. The second-order valence-corrected chi connectivity index (χ2v) is 6.40. The largest absolute Gasteiger partial charge is 0.394 e. The summed E-state index contributed by atoms with van der Waals surface area (Å²) >= 11 is 5.75. The van der Waals surface area contributed by atoms with Gasteiger partial charge in [-0.05, 0) is 30.9 Å². The summed E-state index contributed by atoms with van der Waals surface area (Å²) in [5.41, 5.74) is -2.00. The van der Waals surface area contributed by atoms with E-state index in [0.29, 0.717) is 11.2 Å². The molecule has 2 bridgehead atoms. The Hall–Kier alpha value is -1.57. The molecule has 3 aliphatic rings. The lowest BCUT2D eigenvalue weighted by Gasteiger charge is -2.70. The first-order valence-electron chi connectivity index (χ1n) is 6.36. The number of alkyl halides is 3. The topological polar surface area (TPSA) is 52.7 Å². The summed E-state index contributed by atoms with van der Waals surface area (Å²) in [6.45, 7) is 0. The van der Waals surface area contributed by atoms with Crippen LogP contribution in [0.3, 0.4) is 0 Å². The summed E-state index contributed by atoms with van der Waals surface area (Å²) < 4.78 is 41.6. The lowest BCUT2D eigenvalue weighted by Crippen LogP contribution is -2.74. The Morgan fingerprint density at radius 3 is 2.52 bits per heavy atom. The van der Waals surface area contributed by atoms with Crippen LogP contribution in [0.2, 0.25) is 5.28 Å². The van der Waals surface area contributed by atoms with Crippen molar-refractivity contribution in [2.75, 3.05) is 0 Å². The summed E-state index contributed by atoms with van der Waals surface area (Å²) in [5.74, 6) is 0. The minimum absolute atomic E-state index is 0.0287. The van der Waals surface area contributed by atoms with Gasteiger partial charge in [0.15, 0.2) is 5.65 Å². The number of nitrogens with zero attached hydrogens (tertiary/aromatic N) is 4. The van der Waals surface area contributed by atoms with E-state index in [1.54, 1.807) is 7.05 Å². The number of hydrogen-bond donors (Lipinski definition) is 0. The molecule has 0 N–H and O–H groups in total. The molecule has 21 heavy (non-hydrogen) atoms. The van der Waals surface area contributed by atoms with E-state index in [1.165, 1.54) is 15.3 Å². The van der Waals surface area contributed by atoms with E-state index in [9.17, 15) is 18.0 Å². The first-order chi connectivity index (χ1) is 9.69. The number of aromatic nitrogens is 4. The molecule has 0 radical (unpaired) electrons. The zero-order chi connectivity index (χ0) is 15.2. The van der Waals surface area contributed by atoms with Crippen LogP contribution < -0.4 is 5.69 Å². The average molecular weight is 319 g/mol. The van der Waals surface area contributed by atoms with Gasteiger partial charge in [-0.25, -0.2) is 9.78 Å². The van der Waals surface area contributed by atoms with Gasteiger partial charge in [-0.3, -0.25) is 9.13 Å². The van der Waals surface area contributed by atoms with E-state index in [0.717, 1.165) is 0 Å². The van der Waals surface area contributed by atoms with Crippen molar-refractivity contribution >= 4 is 22.8 Å². The van der Waals surface area contributed by atoms with Gasteiger partial charge < -0.3 is 0 Å². The molecule has 2 heterocycles. The molecule has 5 rings (SSSR count). The number of halogens is 4. The van der Waals surface area contributed by atoms with Gasteiger partial charge >= 0.3 is 11.9 Å². The molecule has 112 valence electrons. The zero-order valence-electron chi connectivity index (χ0n) is 10.9. The standard InChI is InChI=1S/C12H10ClF3N4O/c1-19-6-2-17-8(13)18-7(6)20(9(19)21)11-3-10(4-11,5-11)12(14,15)16/h2H,3-5H2,1H3. The Labute approximate surface area is 121 Å². The summed E-state index contributed by atoms with van der Waals surface area (Å²) in [4.78, 5) is 20.2. The average Bonchev–Trinajstić information content (AvgIpc) is 2.49. The van der Waals surface area contributed by atoms with Crippen molar-refractivity contribution < 1.29 is 13.2 Å². The van der Waals surface area contributed by atoms with Crippen molar-refractivity contribution in [2.24, 2.45) is 12.5 Å². The Morgan fingerprint density at radius 1 is 1.33 bits per heavy atom. The number of fused-ring (bicyclic) bond motifs is 1. The number of imidazole rings is 1. The van der Waals surface area contributed by atoms with Gasteiger partial charge in [-0.1, -0.05) is 0 Å². The maximum absolute atomic E-state index is 13.0. The minimum atomic E-state index is -4.21. The van der Waals surface area contributed by atoms with Gasteiger partial charge in [0.25, 0.3) is 0 Å². The molecule has 2 aromatic rings. The van der Waals surface area contributed by atoms with E-state index in [4.69, 9.17) is 11.6 Å². The van der Waals surface area contributed by atoms with Gasteiger partial charge in [-0.15, -0.1) is 0 Å². The lowest BCUT2D eigenvalue weighted by molar-refractivity contribution is -0.354. The molecule has 0 unspecified atom stereocenters. The quantitative estimate of drug-likeness (QED) is 0.758. The molecule has 9 heteroatoms. The molecular weight excluding hydrogens is 309 g/mol. The summed E-state index contributed by atoms with van der Waals surface area (Å²) in [5, 5.41) is -0.0287. The van der Waals surface area contributed by atoms with E-state index in [-0.39, 0.29) is 30.2 Å². The van der Waals surface area contributed by atoms with Gasteiger partial charge in [0, 0.05) is 7.05 Å². The van der Waals surface area contributed by atoms with Crippen LogP contribution in [-0.2, 0) is 12.6 Å². The molecule has 3 aliphatic carbocycles. The third kappa shape index (κ3) is 1.36. The lowest BCUT2D eigenvalue weighted by atomic mass is 9.39. The molecule has 0 atom stereocenters. The molecule has 0 saturated heterocycles. The van der Waals surface area contributed by atoms with Crippen LogP contribution in [0.15, 0.2) is 11.0 Å². The van der Waals surface area contributed by atoms with Gasteiger partial charge in [0.2, 0.25) is 5.28 Å². The molecule has 0 amide bonds. The van der Waals surface area contributed by atoms with Crippen molar-refractivity contribution in [3.63, 3.8) is 0 Å². The third-order valence-corrected chi connectivity index (χ3v) is 5.03. The number of hydrogen-bond acceptors (Lipinski definition) is 3. The van der Waals surface area contributed by atoms with Crippen LogP contribution in [0.4, 0.5) is 13.2 Å². The van der Waals surface area contributed by atoms with E-state index >= 15 is 0 Å². The van der Waals surface area contributed by atoms with E-state index < -0.39 is 17.1 Å². The highest BCUT2D eigenvalue weighted by atomic mass is 35.5. The van der Waals surface area contributed by atoms with Crippen molar-refractivity contribution in [1.82, 2.24) is 19.1 Å². The second kappa shape index (κ2) is 3.43. The smallest absolute Gasteiger partial charge is 0.292 e. The van der Waals surface area contributed by atoms with Crippen LogP contribution >= 0.6 is 11.6 Å². The fraction of sp³-hybridized carbons (Fsp3) is 0.583. The Morgan fingerprint density at radius 2 is 1.95 bits per heavy atom. The van der Waals surface area contributed by atoms with Gasteiger partial charge in [-0.2, -0.15) is 18.2 Å². The highest BCUT2D eigenvalue weighted by Crippen LogP contribution is 2.76. The second-order valence-electron chi connectivity index (χ2n) is 6.06. The summed E-state index contributed by atoms with van der Waals surface area (Å²) in [7, 11) is 1.55. The Balaban J connectivity index is 1.86. The summed E-state index contributed by atoms with van der Waals surface area (Å²) in [6.07, 6.45) is -3.00. The van der Waals surface area contributed by atoms with Crippen LogP contribution in [0.1, 0.15) is 19.3 Å². The van der Waals surface area contributed by atoms with Crippen molar-refractivity contribution in [2.45, 2.75) is 31.0 Å². The molecular formula is C12H10ClF3N4O. The van der Waals surface area contributed by atoms with E-state index in [2.05, 4.69) is 9.97 Å². The van der Waals surface area contributed by atoms with Crippen LogP contribution in [-0.4, -0.2) is 25.3 Å². The van der Waals surface area contributed by atoms with Crippen LogP contribution in [0.25, 0.3) is 11.2 Å². The maximum atomic E-state index is 13.0. The summed E-state index contributed by atoms with van der Waals surface area (Å²) in [6, 6.07) is 0. The highest BCUT2D eigenvalue weighted by Gasteiger charge is 2.80. The molecule has 2 aromatic heterocycles. The van der Waals surface area contributed by atoms with Crippen molar-refractivity contribution in [3.05, 3.63) is 22.0 Å². The predicted molar refractivity (Wildman–Crippen MR) is 68.1 cm³/mol. The van der Waals surface area contributed by atoms with Gasteiger partial charge in [0.05, 0.1) is 17.2 Å². The third-order valence-electron chi connectivity index (χ3n) is 4.85.